The fourth-order valence-corrected chi connectivity index (χ4v) is 4.25. The molecule has 1 fully saturated rings. The molecule has 1 aromatic carbocycles. The molecule has 2 amide bonds. The van der Waals surface area contributed by atoms with Crippen molar-refractivity contribution in [2.75, 3.05) is 32.7 Å². The summed E-state index contributed by atoms with van der Waals surface area (Å²) in [4.78, 5) is 14.0. The van der Waals surface area contributed by atoms with E-state index in [9.17, 15) is 13.2 Å². The molecule has 25 heavy (non-hydrogen) atoms. The second-order valence-electron chi connectivity index (χ2n) is 6.50. The van der Waals surface area contributed by atoms with Crippen LogP contribution >= 0.6 is 0 Å². The average molecular weight is 368 g/mol. The van der Waals surface area contributed by atoms with E-state index in [2.05, 4.69) is 19.2 Å². The number of rotatable bonds is 6. The van der Waals surface area contributed by atoms with Crippen LogP contribution in [0.25, 0.3) is 0 Å². The lowest BCUT2D eigenvalue weighted by Crippen LogP contribution is -2.53. The minimum Gasteiger partial charge on any atom is -0.338 e. The summed E-state index contributed by atoms with van der Waals surface area (Å²) >= 11 is 0. The topological polar surface area (TPSA) is 69.7 Å². The Kier molecular flexibility index (Phi) is 6.84. The average Bonchev–Trinajstić information content (AvgIpc) is 2.65. The first-order valence-corrected chi connectivity index (χ1v) is 10.5. The van der Waals surface area contributed by atoms with Gasteiger partial charge in [0.25, 0.3) is 0 Å². The molecule has 0 saturated carbocycles. The first-order valence-electron chi connectivity index (χ1n) is 9.03. The van der Waals surface area contributed by atoms with Gasteiger partial charge < -0.3 is 10.2 Å². The number of sulfonamides is 1. The van der Waals surface area contributed by atoms with E-state index in [0.29, 0.717) is 43.5 Å². The minimum absolute atomic E-state index is 0.114. The van der Waals surface area contributed by atoms with Gasteiger partial charge in [-0.25, -0.2) is 13.2 Å². The SMILES string of the molecule is CCCNC(=O)N1CCN(S(=O)(=O)c2ccc([C@@H](C)CC)cc2)CC1. The van der Waals surface area contributed by atoms with E-state index in [1.807, 2.05) is 19.1 Å². The van der Waals surface area contributed by atoms with Gasteiger partial charge in [-0.2, -0.15) is 4.31 Å². The standard InChI is InChI=1S/C18H29N3O3S/c1-4-10-19-18(22)20-11-13-21(14-12-20)25(23,24)17-8-6-16(7-9-17)15(3)5-2/h6-9,15H,4-5,10-14H2,1-3H3,(H,19,22)/t15-/m0/s1. The molecule has 0 aliphatic carbocycles. The molecule has 1 N–H and O–H groups in total. The first kappa shape index (κ1) is 19.7. The summed E-state index contributed by atoms with van der Waals surface area (Å²) in [5, 5.41) is 2.83. The van der Waals surface area contributed by atoms with Gasteiger partial charge in [0.15, 0.2) is 0 Å². The van der Waals surface area contributed by atoms with E-state index < -0.39 is 10.0 Å². The summed E-state index contributed by atoms with van der Waals surface area (Å²) in [5.74, 6) is 0.418. The molecule has 0 unspecified atom stereocenters. The summed E-state index contributed by atoms with van der Waals surface area (Å²) in [5.41, 5.74) is 1.15. The van der Waals surface area contributed by atoms with E-state index in [1.165, 1.54) is 4.31 Å². The quantitative estimate of drug-likeness (QED) is 0.840. The van der Waals surface area contributed by atoms with Gasteiger partial charge in [-0.3, -0.25) is 0 Å². The molecule has 140 valence electrons. The number of piperazine rings is 1. The van der Waals surface area contributed by atoms with Crippen molar-refractivity contribution >= 4 is 16.1 Å². The maximum atomic E-state index is 12.8. The van der Waals surface area contributed by atoms with Gasteiger partial charge >= 0.3 is 6.03 Å². The van der Waals surface area contributed by atoms with Crippen molar-refractivity contribution in [2.24, 2.45) is 0 Å². The van der Waals surface area contributed by atoms with Crippen molar-refractivity contribution in [1.82, 2.24) is 14.5 Å². The highest BCUT2D eigenvalue weighted by Gasteiger charge is 2.30. The number of urea groups is 1. The van der Waals surface area contributed by atoms with Crippen molar-refractivity contribution in [2.45, 2.75) is 44.4 Å². The van der Waals surface area contributed by atoms with Crippen molar-refractivity contribution in [3.63, 3.8) is 0 Å². The molecule has 0 radical (unpaired) electrons. The Morgan fingerprint density at radius 2 is 1.72 bits per heavy atom. The van der Waals surface area contributed by atoms with Gasteiger partial charge in [-0.15, -0.1) is 0 Å². The molecule has 6 nitrogen and oxygen atoms in total. The van der Waals surface area contributed by atoms with Gasteiger partial charge in [0.2, 0.25) is 10.0 Å². The van der Waals surface area contributed by atoms with Crippen molar-refractivity contribution in [3.05, 3.63) is 29.8 Å². The Labute approximate surface area is 151 Å². The van der Waals surface area contributed by atoms with E-state index >= 15 is 0 Å². The van der Waals surface area contributed by atoms with E-state index in [4.69, 9.17) is 0 Å². The largest absolute Gasteiger partial charge is 0.338 e. The number of amides is 2. The molecule has 1 saturated heterocycles. The van der Waals surface area contributed by atoms with Crippen LogP contribution in [0, 0.1) is 0 Å². The molecule has 1 aromatic rings. The summed E-state index contributed by atoms with van der Waals surface area (Å²) in [6.45, 7) is 8.37. The molecule has 0 bridgehead atoms. The molecule has 7 heteroatoms. The van der Waals surface area contributed by atoms with Crippen LogP contribution in [-0.4, -0.2) is 56.4 Å². The number of hydrogen-bond donors (Lipinski definition) is 1. The number of carbonyl (C=O) groups excluding carboxylic acids is 1. The van der Waals surface area contributed by atoms with E-state index in [-0.39, 0.29) is 6.03 Å². The molecule has 0 spiro atoms. The summed E-state index contributed by atoms with van der Waals surface area (Å²) < 4.78 is 27.1. The van der Waals surface area contributed by atoms with Crippen molar-refractivity contribution in [3.8, 4) is 0 Å². The third-order valence-corrected chi connectivity index (χ3v) is 6.66. The second-order valence-corrected chi connectivity index (χ2v) is 8.44. The second kappa shape index (κ2) is 8.67. The highest BCUT2D eigenvalue weighted by atomic mass is 32.2. The van der Waals surface area contributed by atoms with Crippen LogP contribution in [0.15, 0.2) is 29.2 Å². The predicted molar refractivity (Wildman–Crippen MR) is 99.2 cm³/mol. The maximum absolute atomic E-state index is 12.8. The van der Waals surface area contributed by atoms with Crippen molar-refractivity contribution < 1.29 is 13.2 Å². The van der Waals surface area contributed by atoms with Gasteiger partial charge in [0.1, 0.15) is 0 Å². The Bertz CT molecular complexity index is 665. The van der Waals surface area contributed by atoms with Crippen LogP contribution in [-0.2, 0) is 10.0 Å². The number of benzene rings is 1. The highest BCUT2D eigenvalue weighted by molar-refractivity contribution is 7.89. The summed E-state index contributed by atoms with van der Waals surface area (Å²) in [7, 11) is -3.50. The van der Waals surface area contributed by atoms with Crippen LogP contribution in [0.4, 0.5) is 4.79 Å². The zero-order valence-corrected chi connectivity index (χ0v) is 16.2. The van der Waals surface area contributed by atoms with Gasteiger partial charge in [-0.1, -0.05) is 32.9 Å². The third kappa shape index (κ3) is 4.73. The Balaban J connectivity index is 2.00. The van der Waals surface area contributed by atoms with Crippen LogP contribution in [0.5, 0.6) is 0 Å². The van der Waals surface area contributed by atoms with Crippen LogP contribution < -0.4 is 5.32 Å². The smallest absolute Gasteiger partial charge is 0.317 e. The summed E-state index contributed by atoms with van der Waals surface area (Å²) in [6.07, 6.45) is 1.90. The van der Waals surface area contributed by atoms with E-state index in [1.54, 1.807) is 17.0 Å². The fourth-order valence-electron chi connectivity index (χ4n) is 2.83. The van der Waals surface area contributed by atoms with Crippen LogP contribution in [0.2, 0.25) is 0 Å². The van der Waals surface area contributed by atoms with Crippen molar-refractivity contribution in [1.29, 1.82) is 0 Å². The number of nitrogens with zero attached hydrogens (tertiary/aromatic N) is 2. The molecule has 0 aromatic heterocycles. The maximum Gasteiger partial charge on any atom is 0.317 e. The molecular weight excluding hydrogens is 338 g/mol. The normalized spacial score (nSPS) is 17.3. The number of hydrogen-bond acceptors (Lipinski definition) is 3. The highest BCUT2D eigenvalue weighted by Crippen LogP contribution is 2.23. The van der Waals surface area contributed by atoms with Gasteiger partial charge in [0.05, 0.1) is 4.90 Å². The van der Waals surface area contributed by atoms with Crippen LogP contribution in [0.3, 0.4) is 0 Å². The van der Waals surface area contributed by atoms with E-state index in [0.717, 1.165) is 18.4 Å². The lowest BCUT2D eigenvalue weighted by atomic mass is 9.99. The summed E-state index contributed by atoms with van der Waals surface area (Å²) in [6, 6.07) is 7.07. The fraction of sp³-hybridized carbons (Fsp3) is 0.611. The molecule has 1 aliphatic rings. The molecule has 1 heterocycles. The molecule has 1 atom stereocenters. The van der Waals surface area contributed by atoms with Crippen LogP contribution in [0.1, 0.15) is 45.1 Å². The Hall–Kier alpha value is -1.60. The third-order valence-electron chi connectivity index (χ3n) is 4.75. The molecular formula is C18H29N3O3S. The Morgan fingerprint density at radius 3 is 2.24 bits per heavy atom. The first-order chi connectivity index (χ1) is 11.9. The number of nitrogens with one attached hydrogen (secondary N) is 1. The minimum atomic E-state index is -3.50. The predicted octanol–water partition coefficient (Wildman–Crippen LogP) is 2.63. The van der Waals surface area contributed by atoms with Gasteiger partial charge in [-0.05, 0) is 36.5 Å². The zero-order valence-electron chi connectivity index (χ0n) is 15.4. The zero-order chi connectivity index (χ0) is 18.4. The Morgan fingerprint density at radius 1 is 1.12 bits per heavy atom. The molecule has 1 aliphatic heterocycles. The monoisotopic (exact) mass is 367 g/mol. The number of carbonyl (C=O) groups is 1. The lowest BCUT2D eigenvalue weighted by Gasteiger charge is -2.34. The van der Waals surface area contributed by atoms with Gasteiger partial charge in [0, 0.05) is 32.7 Å². The molecule has 2 rings (SSSR count). The lowest BCUT2D eigenvalue weighted by molar-refractivity contribution is 0.172.